The van der Waals surface area contributed by atoms with Crippen LogP contribution < -0.4 is 10.6 Å². The summed E-state index contributed by atoms with van der Waals surface area (Å²) in [6.45, 7) is 6.01. The molecule has 0 aromatic heterocycles. The van der Waals surface area contributed by atoms with Crippen molar-refractivity contribution in [3.63, 3.8) is 0 Å². The van der Waals surface area contributed by atoms with Crippen molar-refractivity contribution in [3.8, 4) is 0 Å². The lowest BCUT2D eigenvalue weighted by Crippen LogP contribution is -2.40. The fraction of sp³-hybridized carbons (Fsp3) is 0.588. The molecular weight excluding hydrogens is 248 g/mol. The molecule has 0 spiro atoms. The zero-order valence-electron chi connectivity index (χ0n) is 13.0. The van der Waals surface area contributed by atoms with Gasteiger partial charge in [0.25, 0.3) is 0 Å². The van der Waals surface area contributed by atoms with Crippen LogP contribution in [0.25, 0.3) is 0 Å². The summed E-state index contributed by atoms with van der Waals surface area (Å²) >= 11 is 0. The molecule has 0 aliphatic heterocycles. The van der Waals surface area contributed by atoms with E-state index in [2.05, 4.69) is 48.7 Å². The van der Waals surface area contributed by atoms with Gasteiger partial charge >= 0.3 is 0 Å². The molecule has 112 valence electrons. The maximum atomic E-state index is 11.9. The van der Waals surface area contributed by atoms with E-state index in [1.165, 1.54) is 5.56 Å². The molecule has 0 unspecified atom stereocenters. The van der Waals surface area contributed by atoms with Crippen LogP contribution in [0.4, 0.5) is 0 Å². The highest BCUT2D eigenvalue weighted by molar-refractivity contribution is 5.76. The highest BCUT2D eigenvalue weighted by Crippen LogP contribution is 2.30. The van der Waals surface area contributed by atoms with Crippen molar-refractivity contribution in [2.45, 2.75) is 44.9 Å². The number of hydrogen-bond donors (Lipinski definition) is 2. The fourth-order valence-corrected chi connectivity index (χ4v) is 2.58. The van der Waals surface area contributed by atoms with E-state index < -0.39 is 0 Å². The monoisotopic (exact) mass is 276 g/mol. The number of carbonyl (C=O) groups is 1. The largest absolute Gasteiger partial charge is 0.355 e. The van der Waals surface area contributed by atoms with E-state index in [0.717, 1.165) is 32.4 Å². The van der Waals surface area contributed by atoms with Crippen molar-refractivity contribution in [3.05, 3.63) is 35.9 Å². The van der Waals surface area contributed by atoms with Crippen LogP contribution in [0.5, 0.6) is 0 Å². The minimum absolute atomic E-state index is 0.0555. The van der Waals surface area contributed by atoms with E-state index in [1.54, 1.807) is 0 Å². The molecule has 0 saturated carbocycles. The molecule has 3 nitrogen and oxygen atoms in total. The van der Waals surface area contributed by atoms with E-state index in [-0.39, 0.29) is 11.3 Å². The Kier molecular flexibility index (Phi) is 7.31. The summed E-state index contributed by atoms with van der Waals surface area (Å²) in [7, 11) is 1.91. The SMILES string of the molecule is CCC(CC)(CNC(=O)CCCNC)c1ccccc1. The molecule has 1 aromatic carbocycles. The van der Waals surface area contributed by atoms with Gasteiger partial charge in [0.2, 0.25) is 5.91 Å². The summed E-state index contributed by atoms with van der Waals surface area (Å²) < 4.78 is 0. The highest BCUT2D eigenvalue weighted by atomic mass is 16.1. The van der Waals surface area contributed by atoms with Crippen LogP contribution in [-0.2, 0) is 10.2 Å². The molecule has 1 rings (SSSR count). The Morgan fingerprint density at radius 1 is 1.15 bits per heavy atom. The molecule has 0 atom stereocenters. The van der Waals surface area contributed by atoms with Crippen LogP contribution in [0.2, 0.25) is 0 Å². The topological polar surface area (TPSA) is 41.1 Å². The molecule has 0 aliphatic rings. The maximum Gasteiger partial charge on any atom is 0.220 e. The van der Waals surface area contributed by atoms with Crippen molar-refractivity contribution in [2.24, 2.45) is 0 Å². The molecule has 0 saturated heterocycles. The van der Waals surface area contributed by atoms with Gasteiger partial charge in [-0.25, -0.2) is 0 Å². The van der Waals surface area contributed by atoms with E-state index in [1.807, 2.05) is 13.1 Å². The average molecular weight is 276 g/mol. The molecule has 0 fully saturated rings. The molecule has 0 radical (unpaired) electrons. The van der Waals surface area contributed by atoms with Crippen LogP contribution in [0.3, 0.4) is 0 Å². The summed E-state index contributed by atoms with van der Waals surface area (Å²) in [6, 6.07) is 10.5. The van der Waals surface area contributed by atoms with Crippen LogP contribution in [0.1, 0.15) is 45.1 Å². The first-order chi connectivity index (χ1) is 9.68. The molecule has 0 aliphatic carbocycles. The van der Waals surface area contributed by atoms with E-state index >= 15 is 0 Å². The number of carbonyl (C=O) groups excluding carboxylic acids is 1. The number of nitrogens with one attached hydrogen (secondary N) is 2. The van der Waals surface area contributed by atoms with Gasteiger partial charge in [-0.1, -0.05) is 44.2 Å². The second kappa shape index (κ2) is 8.75. The van der Waals surface area contributed by atoms with Gasteiger partial charge < -0.3 is 10.6 Å². The Hall–Kier alpha value is -1.35. The molecule has 20 heavy (non-hydrogen) atoms. The van der Waals surface area contributed by atoms with E-state index in [4.69, 9.17) is 0 Å². The van der Waals surface area contributed by atoms with Gasteiger partial charge in [0, 0.05) is 18.4 Å². The first-order valence-corrected chi connectivity index (χ1v) is 7.65. The number of rotatable bonds is 9. The number of amides is 1. The fourth-order valence-electron chi connectivity index (χ4n) is 2.58. The first kappa shape index (κ1) is 16.7. The lowest BCUT2D eigenvalue weighted by molar-refractivity contribution is -0.121. The van der Waals surface area contributed by atoms with Gasteiger partial charge in [0.1, 0.15) is 0 Å². The molecule has 2 N–H and O–H groups in total. The zero-order valence-corrected chi connectivity index (χ0v) is 13.0. The van der Waals surface area contributed by atoms with Gasteiger partial charge in [-0.3, -0.25) is 4.79 Å². The summed E-state index contributed by atoms with van der Waals surface area (Å²) in [6.07, 6.45) is 3.55. The van der Waals surface area contributed by atoms with Crippen molar-refractivity contribution < 1.29 is 4.79 Å². The smallest absolute Gasteiger partial charge is 0.220 e. The third kappa shape index (κ3) is 4.64. The summed E-state index contributed by atoms with van der Waals surface area (Å²) in [5, 5.41) is 6.18. The van der Waals surface area contributed by atoms with E-state index in [0.29, 0.717) is 6.42 Å². The first-order valence-electron chi connectivity index (χ1n) is 7.65. The van der Waals surface area contributed by atoms with Crippen LogP contribution in [0.15, 0.2) is 30.3 Å². The second-order valence-corrected chi connectivity index (χ2v) is 5.34. The van der Waals surface area contributed by atoms with E-state index in [9.17, 15) is 4.79 Å². The van der Waals surface area contributed by atoms with Crippen molar-refractivity contribution in [1.82, 2.24) is 10.6 Å². The molecule has 1 aromatic rings. The lowest BCUT2D eigenvalue weighted by atomic mass is 9.76. The van der Waals surface area contributed by atoms with Crippen molar-refractivity contribution in [2.75, 3.05) is 20.1 Å². The zero-order chi connectivity index (χ0) is 14.8. The third-order valence-corrected chi connectivity index (χ3v) is 4.19. The van der Waals surface area contributed by atoms with Gasteiger partial charge in [-0.15, -0.1) is 0 Å². The van der Waals surface area contributed by atoms with Gasteiger partial charge in [0.15, 0.2) is 0 Å². The van der Waals surface area contributed by atoms with Crippen molar-refractivity contribution >= 4 is 5.91 Å². The lowest BCUT2D eigenvalue weighted by Gasteiger charge is -2.32. The molecular formula is C17H28N2O. The summed E-state index contributed by atoms with van der Waals surface area (Å²) in [5.41, 5.74) is 1.38. The average Bonchev–Trinajstić information content (AvgIpc) is 2.50. The molecule has 3 heteroatoms. The predicted molar refractivity (Wildman–Crippen MR) is 84.9 cm³/mol. The Bertz CT molecular complexity index is 385. The Labute approximate surface area is 123 Å². The minimum atomic E-state index is 0.0555. The Balaban J connectivity index is 2.62. The highest BCUT2D eigenvalue weighted by Gasteiger charge is 2.28. The third-order valence-electron chi connectivity index (χ3n) is 4.19. The predicted octanol–water partition coefficient (Wildman–Crippen LogP) is 2.86. The Morgan fingerprint density at radius 2 is 1.80 bits per heavy atom. The number of benzene rings is 1. The molecule has 0 heterocycles. The molecule has 0 bridgehead atoms. The minimum Gasteiger partial charge on any atom is -0.355 e. The quantitative estimate of drug-likeness (QED) is 0.681. The van der Waals surface area contributed by atoms with Crippen molar-refractivity contribution in [1.29, 1.82) is 0 Å². The van der Waals surface area contributed by atoms with Crippen LogP contribution in [0, 0.1) is 0 Å². The normalized spacial score (nSPS) is 11.3. The number of hydrogen-bond acceptors (Lipinski definition) is 2. The maximum absolute atomic E-state index is 11.9. The Morgan fingerprint density at radius 3 is 2.35 bits per heavy atom. The standard InChI is InChI=1S/C17H28N2O/c1-4-17(5-2,15-10-7-6-8-11-15)14-19-16(20)12-9-13-18-3/h6-8,10-11,18H,4-5,9,12-14H2,1-3H3,(H,19,20). The summed E-state index contributed by atoms with van der Waals surface area (Å²) in [5.74, 6) is 0.155. The van der Waals surface area contributed by atoms with Crippen LogP contribution in [-0.4, -0.2) is 26.0 Å². The van der Waals surface area contributed by atoms with Crippen LogP contribution >= 0.6 is 0 Å². The second-order valence-electron chi connectivity index (χ2n) is 5.34. The van der Waals surface area contributed by atoms with Gasteiger partial charge in [-0.2, -0.15) is 0 Å². The summed E-state index contributed by atoms with van der Waals surface area (Å²) in [4.78, 5) is 11.9. The molecule has 1 amide bonds. The van der Waals surface area contributed by atoms with Gasteiger partial charge in [0.05, 0.1) is 0 Å². The van der Waals surface area contributed by atoms with Gasteiger partial charge in [-0.05, 0) is 38.4 Å².